The second-order valence-electron chi connectivity index (χ2n) is 11.1. The minimum Gasteiger partial charge on any atom is -0.346 e. The number of nitrogens with one attached hydrogen (secondary N) is 2. The van der Waals surface area contributed by atoms with Gasteiger partial charge in [0.1, 0.15) is 5.65 Å². The molecule has 0 spiro atoms. The minimum atomic E-state index is 0.0674. The Balaban J connectivity index is 1.17. The zero-order valence-corrected chi connectivity index (χ0v) is 22.0. The Labute approximate surface area is 219 Å². The summed E-state index contributed by atoms with van der Waals surface area (Å²) in [5.41, 5.74) is 7.06. The quantitative estimate of drug-likeness (QED) is 0.534. The molecular weight excluding hydrogens is 460 g/mol. The van der Waals surface area contributed by atoms with Crippen LogP contribution in [-0.4, -0.2) is 82.6 Å². The number of likely N-dealkylation sites (N-methyl/N-ethyl adjacent to an activating group) is 1. The third-order valence-electron chi connectivity index (χ3n) is 8.42. The van der Waals surface area contributed by atoms with E-state index in [2.05, 4.69) is 76.7 Å². The van der Waals surface area contributed by atoms with Gasteiger partial charge in [-0.25, -0.2) is 9.78 Å². The van der Waals surface area contributed by atoms with Gasteiger partial charge in [0, 0.05) is 80.3 Å². The first kappa shape index (κ1) is 24.2. The van der Waals surface area contributed by atoms with Crippen molar-refractivity contribution < 1.29 is 4.79 Å². The Morgan fingerprint density at radius 2 is 1.86 bits per heavy atom. The first-order valence-electron chi connectivity index (χ1n) is 13.8. The lowest BCUT2D eigenvalue weighted by Gasteiger charge is -2.35. The predicted molar refractivity (Wildman–Crippen MR) is 149 cm³/mol. The molecule has 1 saturated carbocycles. The summed E-state index contributed by atoms with van der Waals surface area (Å²) in [4.78, 5) is 27.7. The summed E-state index contributed by atoms with van der Waals surface area (Å²) in [6.07, 6.45) is 10.6. The van der Waals surface area contributed by atoms with E-state index in [1.165, 1.54) is 28.7 Å². The van der Waals surface area contributed by atoms with E-state index < -0.39 is 0 Å². The molecule has 6 rings (SSSR count). The van der Waals surface area contributed by atoms with Crippen LogP contribution in [0.5, 0.6) is 0 Å². The van der Waals surface area contributed by atoms with Crippen molar-refractivity contribution >= 4 is 22.6 Å². The summed E-state index contributed by atoms with van der Waals surface area (Å²) in [6, 6.07) is 11.7. The van der Waals surface area contributed by atoms with Gasteiger partial charge < -0.3 is 20.1 Å². The van der Waals surface area contributed by atoms with Crippen LogP contribution in [-0.2, 0) is 6.54 Å². The highest BCUT2D eigenvalue weighted by atomic mass is 16.2. The number of rotatable bonds is 5. The lowest BCUT2D eigenvalue weighted by atomic mass is 9.93. The maximum Gasteiger partial charge on any atom is 0.318 e. The van der Waals surface area contributed by atoms with Gasteiger partial charge in [0.15, 0.2) is 0 Å². The number of hydrogen-bond acceptors (Lipinski definition) is 4. The Bertz CT molecular complexity index is 1280. The van der Waals surface area contributed by atoms with E-state index in [-0.39, 0.29) is 12.1 Å². The molecule has 7 heteroatoms. The van der Waals surface area contributed by atoms with Gasteiger partial charge in [0.2, 0.25) is 0 Å². The molecule has 4 heterocycles. The summed E-state index contributed by atoms with van der Waals surface area (Å²) < 4.78 is 0. The first-order valence-corrected chi connectivity index (χ1v) is 13.8. The maximum atomic E-state index is 12.7. The largest absolute Gasteiger partial charge is 0.346 e. The van der Waals surface area contributed by atoms with Crippen LogP contribution in [0.4, 0.5) is 4.79 Å². The van der Waals surface area contributed by atoms with E-state index in [0.29, 0.717) is 6.04 Å². The van der Waals surface area contributed by atoms with Gasteiger partial charge in [0.25, 0.3) is 0 Å². The number of aromatic amines is 1. The van der Waals surface area contributed by atoms with Crippen LogP contribution in [0.2, 0.25) is 0 Å². The highest BCUT2D eigenvalue weighted by Gasteiger charge is 2.28. The SMILES string of the molecule is CC1C=C(c2c[nH]c3ncc(-c4ccc(CN5CCN(C)CC5)cc4)cc23)CCN1C(=O)NC1CCC1. The number of aromatic nitrogens is 2. The molecule has 2 N–H and O–H groups in total. The Morgan fingerprint density at radius 1 is 1.08 bits per heavy atom. The molecule has 3 aromatic rings. The van der Waals surface area contributed by atoms with Crippen LogP contribution >= 0.6 is 0 Å². The predicted octanol–water partition coefficient (Wildman–Crippen LogP) is 4.72. The van der Waals surface area contributed by atoms with Gasteiger partial charge in [-0.3, -0.25) is 4.90 Å². The highest BCUT2D eigenvalue weighted by Crippen LogP contribution is 2.33. The van der Waals surface area contributed by atoms with Crippen molar-refractivity contribution in [3.63, 3.8) is 0 Å². The molecule has 2 fully saturated rings. The molecule has 37 heavy (non-hydrogen) atoms. The summed E-state index contributed by atoms with van der Waals surface area (Å²) >= 11 is 0. The molecule has 2 aliphatic heterocycles. The Kier molecular flexibility index (Phi) is 6.74. The number of hydrogen-bond donors (Lipinski definition) is 2. The van der Waals surface area contributed by atoms with Crippen molar-refractivity contribution in [1.82, 2.24) is 30.0 Å². The summed E-state index contributed by atoms with van der Waals surface area (Å²) in [7, 11) is 2.20. The molecular formula is C30H38N6O. The average molecular weight is 499 g/mol. The lowest BCUT2D eigenvalue weighted by Crippen LogP contribution is -2.51. The second-order valence-corrected chi connectivity index (χ2v) is 11.1. The number of fused-ring (bicyclic) bond motifs is 1. The number of pyridine rings is 1. The average Bonchev–Trinajstić information content (AvgIpc) is 3.31. The van der Waals surface area contributed by atoms with Crippen molar-refractivity contribution in [1.29, 1.82) is 0 Å². The molecule has 7 nitrogen and oxygen atoms in total. The van der Waals surface area contributed by atoms with Crippen LogP contribution in [0.25, 0.3) is 27.7 Å². The maximum absolute atomic E-state index is 12.7. The Morgan fingerprint density at radius 3 is 2.57 bits per heavy atom. The van der Waals surface area contributed by atoms with Crippen LogP contribution in [0.1, 0.15) is 43.7 Å². The number of urea groups is 1. The fourth-order valence-electron chi connectivity index (χ4n) is 5.72. The third-order valence-corrected chi connectivity index (χ3v) is 8.42. The molecule has 2 aromatic heterocycles. The molecule has 194 valence electrons. The number of benzene rings is 1. The topological polar surface area (TPSA) is 67.5 Å². The summed E-state index contributed by atoms with van der Waals surface area (Å²) in [6.45, 7) is 8.41. The standard InChI is InChI=1S/C30H38N6O/c1-21-16-24(10-11-36(21)30(37)33-26-4-3-5-26)28-19-32-29-27(28)17-25(18-31-29)23-8-6-22(7-9-23)20-35-14-12-34(2)13-15-35/h6-9,16-19,21,26H,3-5,10-15,20H2,1-2H3,(H,31,32)(H,33,37). The smallest absolute Gasteiger partial charge is 0.318 e. The van der Waals surface area contributed by atoms with E-state index in [4.69, 9.17) is 4.98 Å². The van der Waals surface area contributed by atoms with Gasteiger partial charge in [0.05, 0.1) is 0 Å². The van der Waals surface area contributed by atoms with E-state index >= 15 is 0 Å². The Hall–Kier alpha value is -3.16. The van der Waals surface area contributed by atoms with Crippen molar-refractivity contribution in [2.24, 2.45) is 0 Å². The first-order chi connectivity index (χ1) is 18.0. The van der Waals surface area contributed by atoms with E-state index in [0.717, 1.165) is 75.1 Å². The molecule has 3 aliphatic rings. The fraction of sp³-hybridized carbons (Fsp3) is 0.467. The van der Waals surface area contributed by atoms with E-state index in [9.17, 15) is 4.79 Å². The number of nitrogens with zero attached hydrogens (tertiary/aromatic N) is 4. The van der Waals surface area contributed by atoms with Crippen molar-refractivity contribution in [2.75, 3.05) is 39.8 Å². The number of carbonyl (C=O) groups is 1. The number of piperazine rings is 1. The van der Waals surface area contributed by atoms with Crippen molar-refractivity contribution in [3.05, 3.63) is 59.9 Å². The van der Waals surface area contributed by atoms with Gasteiger partial charge in [-0.15, -0.1) is 0 Å². The number of H-pyrrole nitrogens is 1. The van der Waals surface area contributed by atoms with Gasteiger partial charge in [-0.2, -0.15) is 0 Å². The van der Waals surface area contributed by atoms with Crippen LogP contribution in [0, 0.1) is 0 Å². The van der Waals surface area contributed by atoms with Crippen molar-refractivity contribution in [2.45, 2.75) is 51.2 Å². The monoisotopic (exact) mass is 498 g/mol. The third kappa shape index (κ3) is 5.15. The lowest BCUT2D eigenvalue weighted by molar-refractivity contribution is 0.148. The van der Waals surface area contributed by atoms with Crippen LogP contribution < -0.4 is 5.32 Å². The van der Waals surface area contributed by atoms with Crippen LogP contribution in [0.3, 0.4) is 0 Å². The van der Waals surface area contributed by atoms with E-state index in [1.807, 2.05) is 11.1 Å². The molecule has 0 bridgehead atoms. The molecule has 1 aromatic carbocycles. The van der Waals surface area contributed by atoms with Gasteiger partial charge in [-0.1, -0.05) is 30.3 Å². The summed E-state index contributed by atoms with van der Waals surface area (Å²) in [5, 5.41) is 4.33. The van der Waals surface area contributed by atoms with E-state index in [1.54, 1.807) is 0 Å². The van der Waals surface area contributed by atoms with Gasteiger partial charge >= 0.3 is 6.03 Å². The molecule has 1 atom stereocenters. The van der Waals surface area contributed by atoms with Gasteiger partial charge in [-0.05, 0) is 62.4 Å². The second kappa shape index (κ2) is 10.3. The van der Waals surface area contributed by atoms with Crippen LogP contribution in [0.15, 0.2) is 48.8 Å². The molecule has 2 amide bonds. The fourth-order valence-corrected chi connectivity index (χ4v) is 5.72. The number of carbonyl (C=O) groups excluding carboxylic acids is 1. The molecule has 1 aliphatic carbocycles. The van der Waals surface area contributed by atoms with Crippen molar-refractivity contribution in [3.8, 4) is 11.1 Å². The molecule has 1 saturated heterocycles. The number of amides is 2. The zero-order chi connectivity index (χ0) is 25.4. The minimum absolute atomic E-state index is 0.0674. The molecule has 1 unspecified atom stereocenters. The molecule has 0 radical (unpaired) electrons. The zero-order valence-electron chi connectivity index (χ0n) is 22.0. The summed E-state index contributed by atoms with van der Waals surface area (Å²) in [5.74, 6) is 0. The highest BCUT2D eigenvalue weighted by molar-refractivity contribution is 5.93. The normalized spacial score (nSPS) is 21.6.